The summed E-state index contributed by atoms with van der Waals surface area (Å²) in [6.45, 7) is 5.91. The van der Waals surface area contributed by atoms with Crippen molar-refractivity contribution in [3.63, 3.8) is 0 Å². The van der Waals surface area contributed by atoms with E-state index in [0.717, 1.165) is 39.9 Å². The number of thiazole rings is 1. The topological polar surface area (TPSA) is 490 Å². The van der Waals surface area contributed by atoms with E-state index < -0.39 is 66.0 Å². The Hall–Kier alpha value is -17.1. The molecule has 2 aliphatic rings. The molecule has 0 radical (unpaired) electrons. The number of allylic oxidation sites excluding steroid dienone is 2. The van der Waals surface area contributed by atoms with Crippen molar-refractivity contribution >= 4 is 170 Å². The zero-order chi connectivity index (χ0) is 104. The van der Waals surface area contributed by atoms with Gasteiger partial charge in [-0.2, -0.15) is 18.7 Å². The fraction of sp³-hybridized carbons (Fsp3) is 0.171. The number of hydrogen-bond donors (Lipinski definition) is 5. The molecule has 6 heterocycles. The van der Waals surface area contributed by atoms with E-state index in [1.807, 2.05) is 29.7 Å². The number of tetrazole rings is 4. The van der Waals surface area contributed by atoms with Gasteiger partial charge in [-0.15, -0.1) is 31.7 Å². The molecular formula is C105H90Cl4N22O14S. The maximum atomic E-state index is 13.5. The number of aliphatic carboxylic acids is 1. The predicted octanol–water partition coefficient (Wildman–Crippen LogP) is 14.3. The predicted molar refractivity (Wildman–Crippen MR) is 548 cm³/mol. The van der Waals surface area contributed by atoms with Gasteiger partial charge in [0.25, 0.3) is 0 Å². The first-order valence-electron chi connectivity index (χ1n) is 45.0. The Morgan fingerprint density at radius 2 is 0.712 bits per heavy atom. The van der Waals surface area contributed by atoms with E-state index in [0.29, 0.717) is 111 Å². The van der Waals surface area contributed by atoms with Gasteiger partial charge >= 0.3 is 5.97 Å². The molecule has 9 aromatic carbocycles. The summed E-state index contributed by atoms with van der Waals surface area (Å²) in [5, 5.41) is 68.4. The molecule has 0 spiro atoms. The lowest BCUT2D eigenvalue weighted by molar-refractivity contribution is -0.140. The van der Waals surface area contributed by atoms with Gasteiger partial charge in [-0.25, -0.2) is 4.98 Å². The van der Waals surface area contributed by atoms with Crippen molar-refractivity contribution in [3.8, 4) is 22.7 Å². The summed E-state index contributed by atoms with van der Waals surface area (Å²) in [6.07, 6.45) is 25.1. The first-order chi connectivity index (χ1) is 70.4. The van der Waals surface area contributed by atoms with Crippen molar-refractivity contribution < 1.29 is 67.4 Å². The standard InChI is InChI=1S/C31H26ClN5O3.C26H23ClN6O3.C25H21ClN6O3S.C23H20ClN5O5/c1-20(38)22-8-6-21(7-9-22)16-30(39)28(18-24-11-10-23-4-2-3-5-27(23)24)34-31(40)15-12-25-17-26(32)13-14-29(25)37-19-33-35-36-37;1-17(34)19-6-4-18(5-7-19)13-25(35)23(15-22-3-2-12-28-22)30-26(36)11-8-20-14-21(27)9-10-24(20)33-16-29-31-32-33;1-16(33)18-4-2-17(3-5-18)10-24(34)22(12-21-13-36-15-27-21)29-25(35)9-6-19-11-20(26)7-8-23(19)32-14-28-30-31-32;1-14(30)16-4-2-15(3-5-16)10-21(31)19(12-23(33)34)26-22(32)9-6-17-11-18(24)7-8-20(17)29-13-25-27-28-29/h2-9,11-15,17,19,28H,10,16,18H2,1H3,(H,34,40);3-12,14,16,23H,2,13,15H2,1H3,(H,30,36);2-9,11,13-15,22H,10,12H2,1H3,(H,29,35);2-9,11,13,19H,10,12H2,1H3,(H,26,32)(H,33,34)/b15-12+;11-8+;2*9-6+/t28-;23-;22-;19-/m0000/s1. The number of aliphatic imine (C=N–C) groups is 1. The summed E-state index contributed by atoms with van der Waals surface area (Å²) >= 11 is 25.9. The Kier molecular flexibility index (Phi) is 37.8. The molecule has 16 rings (SSSR count). The third-order valence-corrected chi connectivity index (χ3v) is 24.1. The average Bonchev–Trinajstić information content (AvgIpc) is 1.69. The van der Waals surface area contributed by atoms with Crippen molar-refractivity contribution in [2.24, 2.45) is 4.99 Å². The van der Waals surface area contributed by atoms with Crippen molar-refractivity contribution in [2.45, 2.75) is 116 Å². The first kappa shape index (κ1) is 106. The molecule has 738 valence electrons. The molecule has 41 heteroatoms. The van der Waals surface area contributed by atoms with E-state index in [1.54, 1.807) is 200 Å². The third kappa shape index (κ3) is 31.4. The zero-order valence-corrected chi connectivity index (χ0v) is 82.2. The molecule has 36 nitrogen and oxygen atoms in total. The highest BCUT2D eigenvalue weighted by atomic mass is 35.5. The molecule has 0 fully saturated rings. The van der Waals surface area contributed by atoms with Crippen LogP contribution < -0.4 is 21.3 Å². The highest BCUT2D eigenvalue weighted by molar-refractivity contribution is 7.07. The van der Waals surface area contributed by atoms with Crippen LogP contribution in [0.5, 0.6) is 0 Å². The Bertz CT molecular complexity index is 7340. The molecule has 1 aliphatic carbocycles. The molecule has 4 atom stereocenters. The largest absolute Gasteiger partial charge is 0.481 e. The van der Waals surface area contributed by atoms with Crippen LogP contribution in [0.25, 0.3) is 52.6 Å². The normalized spacial score (nSPS) is 12.6. The number of nitrogens with one attached hydrogen (secondary N) is 4. The van der Waals surface area contributed by atoms with Gasteiger partial charge in [0.15, 0.2) is 46.3 Å². The number of Topliss-reactive ketones (excluding diaryl/α,β-unsaturated/α-hetero) is 8. The summed E-state index contributed by atoms with van der Waals surface area (Å²) in [7, 11) is 0. The van der Waals surface area contributed by atoms with E-state index in [-0.39, 0.29) is 79.0 Å². The van der Waals surface area contributed by atoms with Gasteiger partial charge in [-0.05, 0) is 212 Å². The number of ketones is 8. The maximum Gasteiger partial charge on any atom is 0.305 e. The van der Waals surface area contributed by atoms with Crippen LogP contribution in [-0.4, -0.2) is 197 Å². The molecule has 0 saturated heterocycles. The monoisotopic (exact) mass is 2050 g/mol. The summed E-state index contributed by atoms with van der Waals surface area (Å²) in [5.74, 6) is -4.35. The van der Waals surface area contributed by atoms with Crippen LogP contribution in [0.4, 0.5) is 0 Å². The Morgan fingerprint density at radius 3 is 1.01 bits per heavy atom. The van der Waals surface area contributed by atoms with E-state index >= 15 is 0 Å². The molecule has 5 aromatic heterocycles. The Balaban J connectivity index is 0.000000163. The highest BCUT2D eigenvalue weighted by Gasteiger charge is 2.29. The fourth-order valence-electron chi connectivity index (χ4n) is 15.1. The lowest BCUT2D eigenvalue weighted by Crippen LogP contribution is -2.42. The van der Waals surface area contributed by atoms with Crippen LogP contribution in [0.15, 0.2) is 277 Å². The Labute approximate surface area is 858 Å². The molecule has 4 amide bonds. The van der Waals surface area contributed by atoms with E-state index in [2.05, 4.69) is 105 Å². The molecule has 14 aromatic rings. The van der Waals surface area contributed by atoms with Gasteiger partial charge in [0.1, 0.15) is 25.3 Å². The molecule has 0 bridgehead atoms. The van der Waals surface area contributed by atoms with Crippen LogP contribution in [0.3, 0.4) is 0 Å². The number of carboxylic acids is 1. The quantitative estimate of drug-likeness (QED) is 0.0176. The number of benzene rings is 9. The second kappa shape index (κ2) is 52.0. The van der Waals surface area contributed by atoms with Gasteiger partial charge in [0.05, 0.1) is 64.5 Å². The average molecular weight is 2060 g/mol. The number of carboxylic acid groups (broad SMARTS) is 1. The minimum atomic E-state index is -1.24. The zero-order valence-electron chi connectivity index (χ0n) is 78.4. The van der Waals surface area contributed by atoms with Gasteiger partial charge in [0, 0.05) is 158 Å². The van der Waals surface area contributed by atoms with Crippen LogP contribution >= 0.6 is 57.7 Å². The summed E-state index contributed by atoms with van der Waals surface area (Å²) in [6, 6.07) is 52.0. The lowest BCUT2D eigenvalue weighted by Gasteiger charge is -2.19. The number of hydrogen-bond acceptors (Lipinski definition) is 28. The molecule has 146 heavy (non-hydrogen) atoms. The molecule has 0 saturated carbocycles. The SMILES string of the molecule is CC(=O)c1ccc(CC(=O)[C@H](CC(=O)O)NC(=O)/C=C/c2cc(Cl)ccc2-n2cnnn2)cc1.CC(=O)c1ccc(CC(=O)[C@H](CC2=CCC=N2)NC(=O)/C=C/c2cc(Cl)ccc2-n2cnnn2)cc1.CC(=O)c1ccc(CC(=O)[C@H](CC2=CCc3ccccc32)NC(=O)/C=C/c2cc(Cl)ccc2-n2cnnn2)cc1.CC(=O)c1ccc(CC(=O)[C@H](Cc2cscn2)NC(=O)/C=C/c2cc(Cl)ccc2-n2cnnn2)cc1. The fourth-order valence-corrected chi connectivity index (χ4v) is 16.3. The minimum Gasteiger partial charge on any atom is -0.481 e. The summed E-state index contributed by atoms with van der Waals surface area (Å²) in [4.78, 5) is 170. The second-order valence-electron chi connectivity index (χ2n) is 33.0. The number of nitrogens with zero attached hydrogens (tertiary/aromatic N) is 18. The second-order valence-corrected chi connectivity index (χ2v) is 35.5. The smallest absolute Gasteiger partial charge is 0.305 e. The van der Waals surface area contributed by atoms with Crippen molar-refractivity contribution in [1.82, 2.24) is 107 Å². The number of aromatic nitrogens is 17. The van der Waals surface area contributed by atoms with Crippen LogP contribution in [-0.2, 0) is 81.7 Å². The molecular weight excluding hydrogens is 1970 g/mol. The van der Waals surface area contributed by atoms with Gasteiger partial charge in [-0.3, -0.25) is 67.3 Å². The van der Waals surface area contributed by atoms with Crippen molar-refractivity contribution in [1.29, 1.82) is 0 Å². The Morgan fingerprint density at radius 1 is 0.390 bits per heavy atom. The van der Waals surface area contributed by atoms with Crippen molar-refractivity contribution in [2.75, 3.05) is 0 Å². The number of amides is 4. The van der Waals surface area contributed by atoms with Crippen molar-refractivity contribution in [3.05, 3.63) is 376 Å². The summed E-state index contributed by atoms with van der Waals surface area (Å²) in [5.41, 5.74) is 16.5. The van der Waals surface area contributed by atoms with Crippen LogP contribution in [0, 0.1) is 0 Å². The number of rotatable bonds is 40. The van der Waals surface area contributed by atoms with E-state index in [9.17, 15) is 67.4 Å². The number of fused-ring (bicyclic) bond motifs is 1. The van der Waals surface area contributed by atoms with Gasteiger partial charge < -0.3 is 26.4 Å². The molecule has 1 aliphatic heterocycles. The van der Waals surface area contributed by atoms with Gasteiger partial charge in [0.2, 0.25) is 23.6 Å². The van der Waals surface area contributed by atoms with E-state index in [1.165, 1.54) is 119 Å². The van der Waals surface area contributed by atoms with Gasteiger partial charge in [-0.1, -0.05) is 180 Å². The molecule has 5 N–H and O–H groups in total. The molecule has 0 unspecified atom stereocenters. The van der Waals surface area contributed by atoms with Crippen LogP contribution in [0.1, 0.15) is 156 Å². The first-order valence-corrected chi connectivity index (χ1v) is 47.5. The summed E-state index contributed by atoms with van der Waals surface area (Å²) < 4.78 is 5.78. The number of carbonyl (C=O) groups is 13. The number of carbonyl (C=O) groups excluding carboxylic acids is 12. The maximum absolute atomic E-state index is 13.5. The highest BCUT2D eigenvalue weighted by Crippen LogP contribution is 2.33. The van der Waals surface area contributed by atoms with Crippen LogP contribution in [0.2, 0.25) is 20.1 Å². The number of halogens is 4. The third-order valence-electron chi connectivity index (χ3n) is 22.5. The minimum absolute atomic E-state index is 0.0374. The van der Waals surface area contributed by atoms with E-state index in [4.69, 9.17) is 46.4 Å². The lowest BCUT2D eigenvalue weighted by atomic mass is 9.94.